The molecule has 0 radical (unpaired) electrons. The Morgan fingerprint density at radius 1 is 1.18 bits per heavy atom. The van der Waals surface area contributed by atoms with Crippen LogP contribution in [0.15, 0.2) is 0 Å². The van der Waals surface area contributed by atoms with Gasteiger partial charge in [-0.1, -0.05) is 13.8 Å². The Morgan fingerprint density at radius 2 is 1.45 bits per heavy atom. The Bertz CT molecular complexity index is 37.8. The fourth-order valence-electron chi connectivity index (χ4n) is 0.0833. The molecule has 0 unspecified atom stereocenters. The first-order chi connectivity index (χ1) is 5.24. The van der Waals surface area contributed by atoms with Crippen LogP contribution in [0.2, 0.25) is 4.73 Å². The van der Waals surface area contributed by atoms with E-state index >= 15 is 0 Å². The van der Waals surface area contributed by atoms with E-state index in [0.717, 1.165) is 11.3 Å². The van der Waals surface area contributed by atoms with Crippen LogP contribution in [0.5, 0.6) is 0 Å². The van der Waals surface area contributed by atoms with E-state index in [2.05, 4.69) is 0 Å². The molecule has 4 N–H and O–H groups in total. The summed E-state index contributed by atoms with van der Waals surface area (Å²) in [6.45, 7) is 3.91. The fourth-order valence-corrected chi connectivity index (χ4v) is 0.344. The van der Waals surface area contributed by atoms with Gasteiger partial charge < -0.3 is 10.2 Å². The molecule has 0 rings (SSSR count). The van der Waals surface area contributed by atoms with E-state index in [0.29, 0.717) is 0 Å². The second-order valence-electron chi connectivity index (χ2n) is 1.32. The summed E-state index contributed by atoms with van der Waals surface area (Å²) in [5, 5.41) is 17.9. The van der Waals surface area contributed by atoms with Crippen molar-refractivity contribution >= 4 is 0 Å². The molecule has 0 aliphatic heterocycles. The number of rotatable bonds is 2. The Labute approximate surface area is 78.2 Å². The first-order valence-electron chi connectivity index (χ1n) is 3.54. The molecule has 0 aromatic rings. The van der Waals surface area contributed by atoms with Crippen molar-refractivity contribution in [2.24, 2.45) is 9.95 Å². The molecule has 0 aliphatic carbocycles. The van der Waals surface area contributed by atoms with E-state index in [-0.39, 0.29) is 32.6 Å². The van der Waals surface area contributed by atoms with Crippen LogP contribution < -0.4 is 20.2 Å². The van der Waals surface area contributed by atoms with Gasteiger partial charge in [0.25, 0.3) is 0 Å². The molecular formula is C6H18N2O2Ti. The summed E-state index contributed by atoms with van der Waals surface area (Å²) in [4.78, 5) is 0. The maximum absolute atomic E-state index is 8.93. The Hall–Kier alpha value is 0.554. The van der Waals surface area contributed by atoms with Crippen molar-refractivity contribution in [2.75, 3.05) is 19.8 Å². The Kier molecular flexibility index (Phi) is 49.9. The first-order valence-corrected chi connectivity index (χ1v) is 5.55. The van der Waals surface area contributed by atoms with Crippen LogP contribution in [0.3, 0.4) is 0 Å². The maximum atomic E-state index is 8.93. The summed E-state index contributed by atoms with van der Waals surface area (Å²) in [6.07, 6.45) is 0. The normalized spacial score (nSPS) is 6.36. The van der Waals surface area contributed by atoms with E-state index in [1.54, 1.807) is 13.8 Å². The standard InChI is InChI=1S/C2H6N.2C2H5O.H2N.Ti/c3*1-2-3;;/h1-3H2;2*2H2,1H3;1H2;/q;3*-1;+3. The second kappa shape index (κ2) is 31.2. The molecule has 0 saturated heterocycles. The molecule has 0 aromatic carbocycles. The third-order valence-electron chi connectivity index (χ3n) is 0.289. The van der Waals surface area contributed by atoms with Crippen LogP contribution in [0.1, 0.15) is 13.8 Å². The number of hydrogen-bond donors (Lipinski definition) is 2. The van der Waals surface area contributed by atoms with E-state index < -0.39 is 0 Å². The molecule has 5 heteroatoms. The molecule has 0 aliphatic rings. The summed E-state index contributed by atoms with van der Waals surface area (Å²) in [6, 6.07) is 0. The molecule has 0 heterocycles. The zero-order chi connectivity index (χ0) is 9.54. The van der Waals surface area contributed by atoms with Gasteiger partial charge >= 0.3 is 40.6 Å². The second-order valence-corrected chi connectivity index (χ2v) is 2.74. The van der Waals surface area contributed by atoms with Crippen LogP contribution in [-0.2, 0) is 19.4 Å². The molecule has 0 aromatic heterocycles. The number of nitrogens with two attached hydrogens (primary N) is 2. The molecule has 11 heavy (non-hydrogen) atoms. The SMILES string of the molecule is CC[O-].CC[O-].NC[CH2][Ti+2][NH2]. The van der Waals surface area contributed by atoms with Crippen LogP contribution in [0.25, 0.3) is 0 Å². The summed E-state index contributed by atoms with van der Waals surface area (Å²) < 4.78 is 6.25. The van der Waals surface area contributed by atoms with Gasteiger partial charge in [-0.2, -0.15) is 0 Å². The van der Waals surface area contributed by atoms with Crippen molar-refractivity contribution in [3.8, 4) is 0 Å². The van der Waals surface area contributed by atoms with Gasteiger partial charge in [0, 0.05) is 0 Å². The van der Waals surface area contributed by atoms with Gasteiger partial charge in [-0.15, -0.1) is 13.2 Å². The van der Waals surface area contributed by atoms with Crippen molar-refractivity contribution in [3.05, 3.63) is 0 Å². The van der Waals surface area contributed by atoms with Gasteiger partial charge in [-0.3, -0.25) is 0 Å². The summed E-state index contributed by atoms with van der Waals surface area (Å²) >= 11 is -0.118. The molecule has 0 fully saturated rings. The third-order valence-corrected chi connectivity index (χ3v) is 1.19. The number of hydrogen-bond acceptors (Lipinski definition) is 4. The van der Waals surface area contributed by atoms with Crippen molar-refractivity contribution in [1.82, 2.24) is 0 Å². The van der Waals surface area contributed by atoms with Gasteiger partial charge in [0.1, 0.15) is 0 Å². The van der Waals surface area contributed by atoms with Crippen molar-refractivity contribution in [3.63, 3.8) is 0 Å². The van der Waals surface area contributed by atoms with Gasteiger partial charge in [0.05, 0.1) is 0 Å². The van der Waals surface area contributed by atoms with E-state index in [4.69, 9.17) is 20.2 Å². The molecule has 0 saturated carbocycles. The van der Waals surface area contributed by atoms with Crippen LogP contribution >= 0.6 is 0 Å². The van der Waals surface area contributed by atoms with E-state index in [1.165, 1.54) is 0 Å². The van der Waals surface area contributed by atoms with Gasteiger partial charge in [-0.05, 0) is 0 Å². The van der Waals surface area contributed by atoms with Gasteiger partial charge in [0.2, 0.25) is 0 Å². The zero-order valence-electron chi connectivity index (χ0n) is 7.30. The third kappa shape index (κ3) is 118. The molecular weight excluding hydrogens is 180 g/mol. The average molecular weight is 198 g/mol. The van der Waals surface area contributed by atoms with Crippen LogP contribution in [-0.4, -0.2) is 19.8 Å². The quantitative estimate of drug-likeness (QED) is 0.504. The average Bonchev–Trinajstić information content (AvgIpc) is 1.92. The molecule has 0 bridgehead atoms. The molecule has 0 amide bonds. The summed E-state index contributed by atoms with van der Waals surface area (Å²) in [7, 11) is 0. The fraction of sp³-hybridized carbons (Fsp3) is 1.00. The minimum absolute atomic E-state index is 0. The van der Waals surface area contributed by atoms with Crippen LogP contribution in [0.4, 0.5) is 0 Å². The minimum atomic E-state index is -0.118. The molecule has 0 atom stereocenters. The molecule has 4 nitrogen and oxygen atoms in total. The Balaban J connectivity index is -0.0000000933. The van der Waals surface area contributed by atoms with Crippen molar-refractivity contribution in [2.45, 2.75) is 18.6 Å². The van der Waals surface area contributed by atoms with Crippen molar-refractivity contribution < 1.29 is 29.6 Å². The summed E-state index contributed by atoms with van der Waals surface area (Å²) in [5.74, 6) is 0. The van der Waals surface area contributed by atoms with E-state index in [1.807, 2.05) is 0 Å². The van der Waals surface area contributed by atoms with Gasteiger partial charge in [0.15, 0.2) is 0 Å². The van der Waals surface area contributed by atoms with Gasteiger partial charge in [-0.25, -0.2) is 0 Å². The monoisotopic (exact) mass is 198 g/mol. The summed E-state index contributed by atoms with van der Waals surface area (Å²) in [5.41, 5.74) is 5.09. The zero-order valence-corrected chi connectivity index (χ0v) is 8.86. The first kappa shape index (κ1) is 17.6. The predicted octanol–water partition coefficient (Wildman–Crippen LogP) is -1.95. The topological polar surface area (TPSA) is 98.2 Å². The Morgan fingerprint density at radius 3 is 1.45 bits per heavy atom. The van der Waals surface area contributed by atoms with E-state index in [9.17, 15) is 0 Å². The molecule has 68 valence electrons. The van der Waals surface area contributed by atoms with Crippen LogP contribution in [0, 0.1) is 0 Å². The molecule has 0 spiro atoms. The van der Waals surface area contributed by atoms with Crippen molar-refractivity contribution in [1.29, 1.82) is 0 Å². The predicted molar refractivity (Wildman–Crippen MR) is 39.1 cm³/mol.